The third kappa shape index (κ3) is 3.71. The molecule has 0 unspecified atom stereocenters. The van der Waals surface area contributed by atoms with Gasteiger partial charge in [-0.05, 0) is 55.0 Å². The van der Waals surface area contributed by atoms with E-state index in [2.05, 4.69) is 15.5 Å². The van der Waals surface area contributed by atoms with Crippen molar-refractivity contribution in [3.05, 3.63) is 101 Å². The summed E-state index contributed by atoms with van der Waals surface area (Å²) in [4.78, 5) is 16.0. The van der Waals surface area contributed by atoms with Gasteiger partial charge in [-0.3, -0.25) is 4.79 Å². The van der Waals surface area contributed by atoms with Crippen molar-refractivity contribution in [2.45, 2.75) is 6.92 Å². The Morgan fingerprint density at radius 1 is 0.968 bits per heavy atom. The Labute approximate surface area is 183 Å². The first-order chi connectivity index (χ1) is 15.1. The quantitative estimate of drug-likeness (QED) is 0.358. The van der Waals surface area contributed by atoms with Crippen LogP contribution in [0.25, 0.3) is 33.1 Å². The molecule has 0 atom stereocenters. The highest BCUT2D eigenvalue weighted by Gasteiger charge is 2.12. The fraction of sp³-hybridized carbons (Fsp3) is 0.0400. The first-order valence-electron chi connectivity index (χ1n) is 9.80. The number of aromatic amines is 1. The second-order valence-corrected chi connectivity index (χ2v) is 7.72. The van der Waals surface area contributed by atoms with Crippen LogP contribution < -0.4 is 11.0 Å². The molecule has 152 valence electrons. The Balaban J connectivity index is 1.65. The number of aryl methyl sites for hydroxylation is 1. The normalized spacial score (nSPS) is 11.9. The minimum atomic E-state index is -0.348. The van der Waals surface area contributed by atoms with E-state index in [1.807, 2.05) is 61.5 Å². The zero-order chi connectivity index (χ0) is 21.4. The number of para-hydroxylation sites is 2. The standard InChI is InChI=1S/C25H18ClN3O2/c1-15-5-4-7-18-13-20(22-14-17-6-2-3-8-21(17)27-22)25(31-23(15)18)29-28-24(30)16-9-11-19(26)12-10-16/h2-14,27H,1H3,(H,28,30)/b29-25+. The number of benzene rings is 3. The van der Waals surface area contributed by atoms with Gasteiger partial charge in [-0.25, -0.2) is 5.43 Å². The summed E-state index contributed by atoms with van der Waals surface area (Å²) in [5.74, 6) is -0.348. The molecular weight excluding hydrogens is 410 g/mol. The zero-order valence-electron chi connectivity index (χ0n) is 16.6. The maximum atomic E-state index is 12.6. The summed E-state index contributed by atoms with van der Waals surface area (Å²) < 4.78 is 6.16. The summed E-state index contributed by atoms with van der Waals surface area (Å²) in [6.45, 7) is 1.98. The Bertz CT molecular complexity index is 1460. The molecule has 0 aliphatic rings. The molecule has 5 aromatic rings. The van der Waals surface area contributed by atoms with E-state index in [0.29, 0.717) is 16.1 Å². The minimum absolute atomic E-state index is 0.315. The van der Waals surface area contributed by atoms with Gasteiger partial charge in [-0.1, -0.05) is 48.0 Å². The third-order valence-corrected chi connectivity index (χ3v) is 5.41. The number of carbonyl (C=O) groups is 1. The van der Waals surface area contributed by atoms with Gasteiger partial charge in [0.2, 0.25) is 5.55 Å². The topological polar surface area (TPSA) is 70.4 Å². The number of H-pyrrole nitrogens is 1. The predicted octanol–water partition coefficient (Wildman–Crippen LogP) is 5.79. The molecule has 3 aromatic carbocycles. The number of aromatic nitrogens is 1. The van der Waals surface area contributed by atoms with E-state index in [1.165, 1.54) is 0 Å². The van der Waals surface area contributed by atoms with Crippen LogP contribution >= 0.6 is 11.6 Å². The molecule has 0 saturated carbocycles. The molecule has 0 aliphatic carbocycles. The predicted molar refractivity (Wildman–Crippen MR) is 123 cm³/mol. The molecule has 5 rings (SSSR count). The van der Waals surface area contributed by atoms with Crippen LogP contribution in [-0.4, -0.2) is 10.9 Å². The van der Waals surface area contributed by atoms with Crippen LogP contribution in [0.3, 0.4) is 0 Å². The van der Waals surface area contributed by atoms with Gasteiger partial charge >= 0.3 is 0 Å². The van der Waals surface area contributed by atoms with Gasteiger partial charge in [0.15, 0.2) is 0 Å². The van der Waals surface area contributed by atoms with Gasteiger partial charge < -0.3 is 9.40 Å². The molecule has 31 heavy (non-hydrogen) atoms. The number of rotatable bonds is 3. The van der Waals surface area contributed by atoms with E-state index in [-0.39, 0.29) is 5.91 Å². The smallest absolute Gasteiger partial charge is 0.271 e. The molecule has 0 bridgehead atoms. The minimum Gasteiger partial charge on any atom is -0.436 e. The molecule has 5 nitrogen and oxygen atoms in total. The van der Waals surface area contributed by atoms with Gasteiger partial charge in [-0.2, -0.15) is 0 Å². The van der Waals surface area contributed by atoms with E-state index in [9.17, 15) is 4.79 Å². The molecule has 0 spiro atoms. The summed E-state index contributed by atoms with van der Waals surface area (Å²) >= 11 is 5.91. The maximum Gasteiger partial charge on any atom is 0.271 e. The SMILES string of the molecule is Cc1cccc2cc(-c3cc4ccccc4[nH]3)/c(=N\NC(=O)c3ccc(Cl)cc3)oc12. The van der Waals surface area contributed by atoms with Crippen LogP contribution in [0.1, 0.15) is 15.9 Å². The Hall–Kier alpha value is -3.83. The lowest BCUT2D eigenvalue weighted by molar-refractivity contribution is 0.0951. The van der Waals surface area contributed by atoms with E-state index in [0.717, 1.165) is 38.7 Å². The van der Waals surface area contributed by atoms with Crippen molar-refractivity contribution >= 4 is 39.4 Å². The van der Waals surface area contributed by atoms with Crippen LogP contribution in [0.15, 0.2) is 88.4 Å². The van der Waals surface area contributed by atoms with Crippen molar-refractivity contribution in [1.82, 2.24) is 10.4 Å². The third-order valence-electron chi connectivity index (χ3n) is 5.16. The summed E-state index contributed by atoms with van der Waals surface area (Å²) in [5.41, 5.74) is 7.70. The van der Waals surface area contributed by atoms with Crippen LogP contribution in [0, 0.1) is 6.92 Å². The van der Waals surface area contributed by atoms with E-state index < -0.39 is 0 Å². The number of nitrogens with zero attached hydrogens (tertiary/aromatic N) is 1. The Morgan fingerprint density at radius 3 is 2.55 bits per heavy atom. The van der Waals surface area contributed by atoms with Gasteiger partial charge in [0, 0.05) is 26.9 Å². The van der Waals surface area contributed by atoms with Crippen molar-refractivity contribution in [2.75, 3.05) is 0 Å². The maximum absolute atomic E-state index is 12.6. The lowest BCUT2D eigenvalue weighted by Gasteiger charge is -2.06. The lowest BCUT2D eigenvalue weighted by atomic mass is 10.1. The van der Waals surface area contributed by atoms with Crippen molar-refractivity contribution in [2.24, 2.45) is 5.10 Å². The van der Waals surface area contributed by atoms with Crippen LogP contribution in [0.5, 0.6) is 0 Å². The van der Waals surface area contributed by atoms with Gasteiger partial charge in [-0.15, -0.1) is 5.10 Å². The molecule has 1 amide bonds. The van der Waals surface area contributed by atoms with Crippen molar-refractivity contribution in [3.8, 4) is 11.3 Å². The summed E-state index contributed by atoms with van der Waals surface area (Å²) in [6.07, 6.45) is 0. The molecule has 0 aliphatic heterocycles. The highest BCUT2D eigenvalue weighted by molar-refractivity contribution is 6.30. The second-order valence-electron chi connectivity index (χ2n) is 7.29. The van der Waals surface area contributed by atoms with E-state index >= 15 is 0 Å². The van der Waals surface area contributed by atoms with Crippen molar-refractivity contribution in [3.63, 3.8) is 0 Å². The molecule has 2 N–H and O–H groups in total. The molecule has 0 saturated heterocycles. The van der Waals surface area contributed by atoms with Gasteiger partial charge in [0.05, 0.1) is 11.3 Å². The fourth-order valence-corrected chi connectivity index (χ4v) is 3.68. The van der Waals surface area contributed by atoms with E-state index in [4.69, 9.17) is 16.0 Å². The summed E-state index contributed by atoms with van der Waals surface area (Å²) in [7, 11) is 0. The number of nitrogens with one attached hydrogen (secondary N) is 2. The van der Waals surface area contributed by atoms with Gasteiger partial charge in [0.25, 0.3) is 5.91 Å². The highest BCUT2D eigenvalue weighted by atomic mass is 35.5. The highest BCUT2D eigenvalue weighted by Crippen LogP contribution is 2.25. The average molecular weight is 428 g/mol. The average Bonchev–Trinajstić information content (AvgIpc) is 3.22. The van der Waals surface area contributed by atoms with Crippen LogP contribution in [0.2, 0.25) is 5.02 Å². The van der Waals surface area contributed by atoms with E-state index in [1.54, 1.807) is 24.3 Å². The number of hydrogen-bond donors (Lipinski definition) is 2. The number of carbonyl (C=O) groups excluding carboxylic acids is 1. The Kier molecular flexibility index (Phi) is 4.81. The number of fused-ring (bicyclic) bond motifs is 2. The molecule has 2 aromatic heterocycles. The molecule has 6 heteroatoms. The Morgan fingerprint density at radius 2 is 1.74 bits per heavy atom. The van der Waals surface area contributed by atoms with Crippen LogP contribution in [-0.2, 0) is 0 Å². The van der Waals surface area contributed by atoms with Crippen molar-refractivity contribution in [1.29, 1.82) is 0 Å². The number of halogens is 1. The summed E-state index contributed by atoms with van der Waals surface area (Å²) in [6, 6.07) is 24.7. The monoisotopic (exact) mass is 427 g/mol. The number of amides is 1. The molecular formula is C25H18ClN3O2. The second kappa shape index (κ2) is 7.78. The van der Waals surface area contributed by atoms with Crippen LogP contribution in [0.4, 0.5) is 0 Å². The first kappa shape index (κ1) is 19.2. The lowest BCUT2D eigenvalue weighted by Crippen LogP contribution is -2.22. The molecule has 0 radical (unpaired) electrons. The molecule has 2 heterocycles. The first-order valence-corrected chi connectivity index (χ1v) is 10.2. The zero-order valence-corrected chi connectivity index (χ0v) is 17.4. The van der Waals surface area contributed by atoms with Gasteiger partial charge in [0.1, 0.15) is 5.58 Å². The largest absolute Gasteiger partial charge is 0.436 e. The van der Waals surface area contributed by atoms with Crippen molar-refractivity contribution < 1.29 is 9.21 Å². The number of hydrogen-bond acceptors (Lipinski definition) is 3. The fourth-order valence-electron chi connectivity index (χ4n) is 3.56. The summed E-state index contributed by atoms with van der Waals surface area (Å²) in [5, 5.41) is 6.92. The molecule has 0 fully saturated rings.